The Balaban J connectivity index is 4.20. The van der Waals surface area contributed by atoms with E-state index in [4.69, 9.17) is 9.47 Å². The van der Waals surface area contributed by atoms with E-state index in [-0.39, 0.29) is 5.60 Å². The van der Waals surface area contributed by atoms with Crippen LogP contribution in [0.25, 0.3) is 0 Å². The van der Waals surface area contributed by atoms with Crippen LogP contribution in [-0.2, 0) is 9.47 Å². The molecule has 120 valence electrons. The summed E-state index contributed by atoms with van der Waals surface area (Å²) in [4.78, 5) is 11.7. The summed E-state index contributed by atoms with van der Waals surface area (Å²) in [7, 11) is 0. The van der Waals surface area contributed by atoms with Crippen LogP contribution in [0.4, 0.5) is 4.79 Å². The third-order valence-corrected chi connectivity index (χ3v) is 4.40. The summed E-state index contributed by atoms with van der Waals surface area (Å²) in [6, 6.07) is 0. The van der Waals surface area contributed by atoms with Gasteiger partial charge in [-0.2, -0.15) is 0 Å². The Bertz CT molecular complexity index is 291. The molecule has 0 radical (unpaired) electrons. The van der Waals surface area contributed by atoms with Crippen LogP contribution in [0, 0.1) is 5.92 Å². The lowest BCUT2D eigenvalue weighted by molar-refractivity contribution is -0.0292. The van der Waals surface area contributed by atoms with Gasteiger partial charge in [0.1, 0.15) is 5.60 Å². The van der Waals surface area contributed by atoms with Gasteiger partial charge < -0.3 is 14.8 Å². The predicted octanol–water partition coefficient (Wildman–Crippen LogP) is 4.16. The van der Waals surface area contributed by atoms with Gasteiger partial charge in [0, 0.05) is 11.0 Å². The van der Waals surface area contributed by atoms with Crippen molar-refractivity contribution in [1.29, 1.82) is 0 Å². The number of amides is 1. The topological polar surface area (TPSA) is 47.6 Å². The first kappa shape index (κ1) is 20.0. The van der Waals surface area contributed by atoms with Crippen molar-refractivity contribution in [1.82, 2.24) is 5.32 Å². The SMILES string of the molecule is CCCC(C)COC(C)(CI)CNC(=O)OC(C)(C)C. The Kier molecular flexibility index (Phi) is 9.06. The third-order valence-electron chi connectivity index (χ3n) is 2.79. The first-order valence-electron chi connectivity index (χ1n) is 7.28. The molecule has 20 heavy (non-hydrogen) atoms. The van der Waals surface area contributed by atoms with E-state index in [1.807, 2.05) is 27.7 Å². The summed E-state index contributed by atoms with van der Waals surface area (Å²) in [6.07, 6.45) is 1.94. The third kappa shape index (κ3) is 9.80. The molecule has 0 aliphatic heterocycles. The van der Waals surface area contributed by atoms with E-state index in [9.17, 15) is 4.79 Å². The summed E-state index contributed by atoms with van der Waals surface area (Å²) in [5.74, 6) is 0.545. The highest BCUT2D eigenvalue weighted by Gasteiger charge is 2.26. The monoisotopic (exact) mass is 399 g/mol. The Morgan fingerprint density at radius 2 is 1.90 bits per heavy atom. The highest BCUT2D eigenvalue weighted by atomic mass is 127. The minimum absolute atomic E-state index is 0.348. The fourth-order valence-corrected chi connectivity index (χ4v) is 2.12. The molecule has 0 bridgehead atoms. The van der Waals surface area contributed by atoms with Gasteiger partial charge in [-0.25, -0.2) is 4.79 Å². The molecule has 0 heterocycles. The predicted molar refractivity (Wildman–Crippen MR) is 91.6 cm³/mol. The van der Waals surface area contributed by atoms with Crippen LogP contribution in [0.1, 0.15) is 54.4 Å². The molecule has 2 atom stereocenters. The molecule has 1 amide bonds. The second-order valence-corrected chi connectivity index (χ2v) is 7.41. The minimum Gasteiger partial charge on any atom is -0.444 e. The molecule has 0 fully saturated rings. The van der Waals surface area contributed by atoms with Gasteiger partial charge in [0.2, 0.25) is 0 Å². The lowest BCUT2D eigenvalue weighted by Gasteiger charge is -2.30. The number of halogens is 1. The number of nitrogens with one attached hydrogen (secondary N) is 1. The molecular formula is C15H30INO3. The van der Waals surface area contributed by atoms with E-state index < -0.39 is 11.7 Å². The lowest BCUT2D eigenvalue weighted by atomic mass is 10.1. The van der Waals surface area contributed by atoms with Crippen molar-refractivity contribution >= 4 is 28.7 Å². The zero-order valence-electron chi connectivity index (χ0n) is 13.7. The van der Waals surface area contributed by atoms with Gasteiger partial charge in [-0.05, 0) is 40.0 Å². The van der Waals surface area contributed by atoms with Crippen molar-refractivity contribution < 1.29 is 14.3 Å². The van der Waals surface area contributed by atoms with Gasteiger partial charge >= 0.3 is 6.09 Å². The number of rotatable bonds is 8. The lowest BCUT2D eigenvalue weighted by Crippen LogP contribution is -2.46. The van der Waals surface area contributed by atoms with Gasteiger partial charge in [-0.15, -0.1) is 0 Å². The number of alkyl halides is 1. The maximum absolute atomic E-state index is 11.7. The van der Waals surface area contributed by atoms with Gasteiger partial charge in [0.25, 0.3) is 0 Å². The van der Waals surface area contributed by atoms with Crippen LogP contribution in [0.2, 0.25) is 0 Å². The normalized spacial score (nSPS) is 16.4. The zero-order valence-corrected chi connectivity index (χ0v) is 15.9. The van der Waals surface area contributed by atoms with Crippen LogP contribution < -0.4 is 5.32 Å². The Morgan fingerprint density at radius 3 is 2.35 bits per heavy atom. The number of alkyl carbamates (subject to hydrolysis) is 1. The van der Waals surface area contributed by atoms with Crippen molar-refractivity contribution in [2.45, 2.75) is 65.6 Å². The first-order valence-corrected chi connectivity index (χ1v) is 8.81. The number of carbonyl (C=O) groups excluding carboxylic acids is 1. The first-order chi connectivity index (χ1) is 9.12. The van der Waals surface area contributed by atoms with Crippen molar-refractivity contribution in [2.24, 2.45) is 5.92 Å². The molecule has 0 aromatic rings. The second-order valence-electron chi connectivity index (χ2n) is 6.64. The number of hydrogen-bond acceptors (Lipinski definition) is 3. The largest absolute Gasteiger partial charge is 0.444 e. The fraction of sp³-hybridized carbons (Fsp3) is 0.933. The Labute approximate surface area is 137 Å². The van der Waals surface area contributed by atoms with E-state index in [2.05, 4.69) is 41.8 Å². The molecule has 0 saturated carbocycles. The highest BCUT2D eigenvalue weighted by molar-refractivity contribution is 14.1. The van der Waals surface area contributed by atoms with Gasteiger partial charge in [-0.1, -0.05) is 42.9 Å². The Hall–Kier alpha value is -0.0400. The zero-order chi connectivity index (χ0) is 15.8. The quantitative estimate of drug-likeness (QED) is 0.493. The number of hydrogen-bond donors (Lipinski definition) is 1. The van der Waals surface area contributed by atoms with E-state index in [1.165, 1.54) is 6.42 Å². The van der Waals surface area contributed by atoms with Crippen molar-refractivity contribution in [3.05, 3.63) is 0 Å². The maximum Gasteiger partial charge on any atom is 0.407 e. The second kappa shape index (κ2) is 9.07. The molecule has 0 saturated heterocycles. The molecule has 1 N–H and O–H groups in total. The minimum atomic E-state index is -0.471. The van der Waals surface area contributed by atoms with Gasteiger partial charge in [-0.3, -0.25) is 0 Å². The molecule has 0 aliphatic carbocycles. The standard InChI is InChI=1S/C15H30INO3/c1-7-8-12(2)9-19-15(6,10-16)11-17-13(18)20-14(3,4)5/h12H,7-11H2,1-6H3,(H,17,18). The average molecular weight is 399 g/mol. The van der Waals surface area contributed by atoms with Gasteiger partial charge in [0.15, 0.2) is 0 Å². The molecule has 0 aromatic heterocycles. The van der Waals surface area contributed by atoms with Gasteiger partial charge in [0.05, 0.1) is 12.1 Å². The Morgan fingerprint density at radius 1 is 1.30 bits per heavy atom. The molecule has 0 rings (SSSR count). The van der Waals surface area contributed by atoms with Crippen LogP contribution >= 0.6 is 22.6 Å². The van der Waals surface area contributed by atoms with Crippen LogP contribution in [0.5, 0.6) is 0 Å². The van der Waals surface area contributed by atoms with Crippen LogP contribution in [-0.4, -0.2) is 34.9 Å². The maximum atomic E-state index is 11.7. The molecule has 5 heteroatoms. The summed E-state index contributed by atoms with van der Waals surface area (Å²) in [5.41, 5.74) is -0.819. The van der Waals surface area contributed by atoms with E-state index in [0.29, 0.717) is 12.5 Å². The van der Waals surface area contributed by atoms with E-state index in [0.717, 1.165) is 17.5 Å². The molecular weight excluding hydrogens is 369 g/mol. The van der Waals surface area contributed by atoms with Crippen LogP contribution in [0.15, 0.2) is 0 Å². The van der Waals surface area contributed by atoms with Crippen molar-refractivity contribution in [2.75, 3.05) is 17.6 Å². The molecule has 0 aliphatic rings. The smallest absolute Gasteiger partial charge is 0.407 e. The van der Waals surface area contributed by atoms with Crippen molar-refractivity contribution in [3.8, 4) is 0 Å². The summed E-state index contributed by atoms with van der Waals surface area (Å²) >= 11 is 2.29. The van der Waals surface area contributed by atoms with Crippen LogP contribution in [0.3, 0.4) is 0 Å². The molecule has 0 spiro atoms. The summed E-state index contributed by atoms with van der Waals surface area (Å²) in [5, 5.41) is 2.80. The summed E-state index contributed by atoms with van der Waals surface area (Å²) < 4.78 is 12.0. The molecule has 4 nitrogen and oxygen atoms in total. The highest BCUT2D eigenvalue weighted by Crippen LogP contribution is 2.17. The number of carbonyl (C=O) groups is 1. The average Bonchev–Trinajstić information content (AvgIpc) is 2.32. The number of ether oxygens (including phenoxy) is 2. The van der Waals surface area contributed by atoms with E-state index in [1.54, 1.807) is 0 Å². The van der Waals surface area contributed by atoms with E-state index >= 15 is 0 Å². The molecule has 2 unspecified atom stereocenters. The van der Waals surface area contributed by atoms with Crippen molar-refractivity contribution in [3.63, 3.8) is 0 Å². The molecule has 0 aromatic carbocycles. The summed E-state index contributed by atoms with van der Waals surface area (Å²) in [6.45, 7) is 13.1. The fourth-order valence-electron chi connectivity index (χ4n) is 1.63.